The molecule has 1 N–H and O–H groups in total. The fourth-order valence-electron chi connectivity index (χ4n) is 3.47. The molecule has 0 bridgehead atoms. The Morgan fingerprint density at radius 2 is 2.26 bits per heavy atom. The van der Waals surface area contributed by atoms with Gasteiger partial charge in [-0.3, -0.25) is 9.59 Å². The molecule has 2 aliphatic rings. The van der Waals surface area contributed by atoms with Crippen LogP contribution in [0.2, 0.25) is 0 Å². The van der Waals surface area contributed by atoms with Crippen molar-refractivity contribution in [2.24, 2.45) is 0 Å². The zero-order chi connectivity index (χ0) is 19.6. The summed E-state index contributed by atoms with van der Waals surface area (Å²) < 4.78 is 5.26. The maximum absolute atomic E-state index is 12.4. The molecular formula is C19H22N4O4. The molecule has 0 aromatic heterocycles. The van der Waals surface area contributed by atoms with Gasteiger partial charge in [0, 0.05) is 20.1 Å². The van der Waals surface area contributed by atoms with E-state index in [-0.39, 0.29) is 36.4 Å². The van der Waals surface area contributed by atoms with Crippen LogP contribution in [0.15, 0.2) is 18.2 Å². The average Bonchev–Trinajstić information content (AvgIpc) is 3.15. The predicted molar refractivity (Wildman–Crippen MR) is 98.2 cm³/mol. The first-order chi connectivity index (χ1) is 12.9. The second kappa shape index (κ2) is 7.66. The Labute approximate surface area is 157 Å². The molecule has 142 valence electrons. The molecular weight excluding hydrogens is 348 g/mol. The van der Waals surface area contributed by atoms with Crippen molar-refractivity contribution in [3.05, 3.63) is 23.8 Å². The third-order valence-electron chi connectivity index (χ3n) is 4.92. The van der Waals surface area contributed by atoms with E-state index in [9.17, 15) is 14.4 Å². The van der Waals surface area contributed by atoms with Gasteiger partial charge in [0.05, 0.1) is 29.4 Å². The molecule has 1 fully saturated rings. The number of hydrogen-bond donors (Lipinski definition) is 1. The van der Waals surface area contributed by atoms with Gasteiger partial charge in [0.25, 0.3) is 5.91 Å². The van der Waals surface area contributed by atoms with Crippen molar-refractivity contribution in [1.29, 1.82) is 5.26 Å². The standard InChI is InChI=1S/C19H22N4O4/c1-12(18(25)22(2)9-4-8-20)27-19(26)13-6-7-15-14(11-13)21-17(24)16-5-3-10-23(15)16/h6-7,11-12,16H,3-5,9-10H2,1-2H3,(H,21,24)/t12-,16+/m1/s1. The summed E-state index contributed by atoms with van der Waals surface area (Å²) in [6.45, 7) is 2.59. The lowest BCUT2D eigenvalue weighted by Gasteiger charge is -2.33. The molecule has 0 saturated carbocycles. The lowest BCUT2D eigenvalue weighted by atomic mass is 10.1. The fourth-order valence-corrected chi connectivity index (χ4v) is 3.47. The minimum atomic E-state index is -0.963. The maximum Gasteiger partial charge on any atom is 0.338 e. The fraction of sp³-hybridized carbons (Fsp3) is 0.474. The largest absolute Gasteiger partial charge is 0.449 e. The molecule has 0 aliphatic carbocycles. The number of benzene rings is 1. The molecule has 1 saturated heterocycles. The molecule has 1 aromatic carbocycles. The van der Waals surface area contributed by atoms with Gasteiger partial charge in [0.2, 0.25) is 5.91 Å². The molecule has 3 rings (SSSR count). The first kappa shape index (κ1) is 18.7. The monoisotopic (exact) mass is 370 g/mol. The molecule has 27 heavy (non-hydrogen) atoms. The smallest absolute Gasteiger partial charge is 0.338 e. The second-order valence-corrected chi connectivity index (χ2v) is 6.79. The van der Waals surface area contributed by atoms with Gasteiger partial charge in [-0.25, -0.2) is 4.79 Å². The van der Waals surface area contributed by atoms with Crippen LogP contribution in [0.4, 0.5) is 11.4 Å². The van der Waals surface area contributed by atoms with Gasteiger partial charge in [-0.1, -0.05) is 0 Å². The maximum atomic E-state index is 12.4. The number of rotatable bonds is 5. The summed E-state index contributed by atoms with van der Waals surface area (Å²) in [6, 6.07) is 6.85. The number of esters is 1. The van der Waals surface area contributed by atoms with E-state index in [1.165, 1.54) is 11.8 Å². The van der Waals surface area contributed by atoms with Gasteiger partial charge in [0.15, 0.2) is 6.10 Å². The predicted octanol–water partition coefficient (Wildman–Crippen LogP) is 1.52. The quantitative estimate of drug-likeness (QED) is 0.789. The molecule has 2 amide bonds. The Kier molecular flexibility index (Phi) is 5.31. The summed E-state index contributed by atoms with van der Waals surface area (Å²) in [5.74, 6) is -1.07. The van der Waals surface area contributed by atoms with Crippen LogP contribution in [0.5, 0.6) is 0 Å². The van der Waals surface area contributed by atoms with E-state index in [4.69, 9.17) is 10.00 Å². The van der Waals surface area contributed by atoms with E-state index in [2.05, 4.69) is 10.2 Å². The lowest BCUT2D eigenvalue weighted by molar-refractivity contribution is -0.138. The van der Waals surface area contributed by atoms with Gasteiger partial charge < -0.3 is 19.9 Å². The van der Waals surface area contributed by atoms with Crippen molar-refractivity contribution in [3.63, 3.8) is 0 Å². The van der Waals surface area contributed by atoms with E-state index >= 15 is 0 Å². The number of fused-ring (bicyclic) bond motifs is 3. The summed E-state index contributed by atoms with van der Waals surface area (Å²) in [7, 11) is 1.56. The van der Waals surface area contributed by atoms with Crippen LogP contribution >= 0.6 is 0 Å². The van der Waals surface area contributed by atoms with Gasteiger partial charge in [-0.2, -0.15) is 5.26 Å². The number of nitrogens with one attached hydrogen (secondary N) is 1. The van der Waals surface area contributed by atoms with Crippen molar-refractivity contribution in [3.8, 4) is 6.07 Å². The molecule has 0 radical (unpaired) electrons. The van der Waals surface area contributed by atoms with Crippen molar-refractivity contribution < 1.29 is 19.1 Å². The first-order valence-electron chi connectivity index (χ1n) is 8.97. The molecule has 2 atom stereocenters. The minimum Gasteiger partial charge on any atom is -0.449 e. The second-order valence-electron chi connectivity index (χ2n) is 6.79. The first-order valence-corrected chi connectivity index (χ1v) is 8.97. The summed E-state index contributed by atoms with van der Waals surface area (Å²) in [5.41, 5.74) is 1.75. The third-order valence-corrected chi connectivity index (χ3v) is 4.92. The van der Waals surface area contributed by atoms with Crippen LogP contribution in [0.3, 0.4) is 0 Å². The number of carbonyl (C=O) groups excluding carboxylic acids is 3. The number of anilines is 2. The van der Waals surface area contributed by atoms with Crippen molar-refractivity contribution in [1.82, 2.24) is 4.90 Å². The van der Waals surface area contributed by atoms with Crippen LogP contribution in [-0.2, 0) is 14.3 Å². The average molecular weight is 370 g/mol. The number of amides is 2. The molecule has 2 aliphatic heterocycles. The highest BCUT2D eigenvalue weighted by atomic mass is 16.5. The highest BCUT2D eigenvalue weighted by Gasteiger charge is 2.36. The van der Waals surface area contributed by atoms with E-state index < -0.39 is 12.1 Å². The number of hydrogen-bond acceptors (Lipinski definition) is 6. The zero-order valence-electron chi connectivity index (χ0n) is 15.4. The molecule has 0 unspecified atom stereocenters. The molecule has 0 spiro atoms. The van der Waals surface area contributed by atoms with Crippen molar-refractivity contribution in [2.45, 2.75) is 38.3 Å². The number of likely N-dealkylation sites (N-methyl/N-ethyl adjacent to an activating group) is 1. The van der Waals surface area contributed by atoms with Crippen LogP contribution in [0, 0.1) is 11.3 Å². The van der Waals surface area contributed by atoms with E-state index in [1.807, 2.05) is 6.07 Å². The highest BCUT2D eigenvalue weighted by Crippen LogP contribution is 2.37. The van der Waals surface area contributed by atoms with Gasteiger partial charge in [0.1, 0.15) is 6.04 Å². The van der Waals surface area contributed by atoms with Crippen LogP contribution in [0.1, 0.15) is 36.5 Å². The summed E-state index contributed by atoms with van der Waals surface area (Å²) in [4.78, 5) is 40.2. The summed E-state index contributed by atoms with van der Waals surface area (Å²) in [5, 5.41) is 11.4. The SMILES string of the molecule is C[C@@H](OC(=O)c1ccc2c(c1)NC(=O)[C@@H]1CCCN21)C(=O)N(C)CCC#N. The molecule has 8 nitrogen and oxygen atoms in total. The Balaban J connectivity index is 1.69. The zero-order valence-corrected chi connectivity index (χ0v) is 15.4. The lowest BCUT2D eigenvalue weighted by Crippen LogP contribution is -2.44. The van der Waals surface area contributed by atoms with Crippen molar-refractivity contribution >= 4 is 29.2 Å². The number of nitriles is 1. The Hall–Kier alpha value is -3.08. The van der Waals surface area contributed by atoms with Gasteiger partial charge >= 0.3 is 5.97 Å². The van der Waals surface area contributed by atoms with Crippen LogP contribution < -0.4 is 10.2 Å². The van der Waals surface area contributed by atoms with Crippen LogP contribution in [-0.4, -0.2) is 55.0 Å². The third kappa shape index (κ3) is 3.72. The number of ether oxygens (including phenoxy) is 1. The minimum absolute atomic E-state index is 0.0619. The Morgan fingerprint density at radius 3 is 3.00 bits per heavy atom. The van der Waals surface area contributed by atoms with Crippen molar-refractivity contribution in [2.75, 3.05) is 30.4 Å². The number of nitrogens with zero attached hydrogens (tertiary/aromatic N) is 3. The summed E-state index contributed by atoms with van der Waals surface area (Å²) in [6.07, 6.45) is 1.04. The highest BCUT2D eigenvalue weighted by molar-refractivity contribution is 6.05. The summed E-state index contributed by atoms with van der Waals surface area (Å²) >= 11 is 0. The Bertz CT molecular complexity index is 816. The van der Waals surface area contributed by atoms with Crippen LogP contribution in [0.25, 0.3) is 0 Å². The Morgan fingerprint density at radius 1 is 1.48 bits per heavy atom. The van der Waals surface area contributed by atoms with Gasteiger partial charge in [-0.15, -0.1) is 0 Å². The van der Waals surface area contributed by atoms with E-state index in [1.54, 1.807) is 25.2 Å². The topological polar surface area (TPSA) is 103 Å². The molecule has 1 aromatic rings. The van der Waals surface area contributed by atoms with E-state index in [0.717, 1.165) is 25.1 Å². The number of carbonyl (C=O) groups is 3. The van der Waals surface area contributed by atoms with E-state index in [0.29, 0.717) is 5.69 Å². The molecule has 2 heterocycles. The normalized spacial score (nSPS) is 18.6. The molecule has 8 heteroatoms. The van der Waals surface area contributed by atoms with Gasteiger partial charge in [-0.05, 0) is 38.0 Å².